The Kier molecular flexibility index (Phi) is 9.02. The molecule has 3 amide bonds. The van der Waals surface area contributed by atoms with Crippen molar-refractivity contribution >= 4 is 44.3 Å². The van der Waals surface area contributed by atoms with E-state index in [2.05, 4.69) is 25.8 Å². The zero-order valence-electron chi connectivity index (χ0n) is 27.0. The number of piperidine rings is 1. The number of halogens is 1. The summed E-state index contributed by atoms with van der Waals surface area (Å²) >= 11 is 0. The number of hydrogen-bond acceptors (Lipinski definition) is 24. The van der Waals surface area contributed by atoms with E-state index in [0.717, 1.165) is 15.7 Å². The Labute approximate surface area is 297 Å². The maximum atomic E-state index is 16.6. The fraction of sp³-hybridized carbons (Fsp3) is 0.400. The molecule has 3 atom stereocenters. The maximum Gasteiger partial charge on any atom is 0.360 e. The summed E-state index contributed by atoms with van der Waals surface area (Å²) < 4.78 is 24.9. The van der Waals surface area contributed by atoms with Gasteiger partial charge in [-0.1, -0.05) is 17.5 Å². The van der Waals surface area contributed by atoms with Crippen molar-refractivity contribution < 1.29 is 120 Å². The summed E-state index contributed by atoms with van der Waals surface area (Å²) in [7, 11) is 1.57. The van der Waals surface area contributed by atoms with Gasteiger partial charge in [-0.3, -0.25) is 29.3 Å². The zero-order valence-corrected chi connectivity index (χ0v) is 27.0. The second kappa shape index (κ2) is 12.0. The Morgan fingerprint density at radius 1 is 0.944 bits per heavy atom. The molecule has 54 heavy (non-hydrogen) atoms. The molecule has 1 aromatic carbocycles. The van der Waals surface area contributed by atoms with Gasteiger partial charge in [-0.2, -0.15) is 9.78 Å². The number of phenolic OH excluding ortho intramolecular Hbond substituents is 1. The van der Waals surface area contributed by atoms with E-state index in [1.54, 1.807) is 5.32 Å². The van der Waals surface area contributed by atoms with E-state index < -0.39 is 145 Å². The molecular formula is C25H28B2FN3O23. The molecule has 4 saturated heterocycles. The Hall–Kier alpha value is -4.53. The van der Waals surface area contributed by atoms with Gasteiger partial charge in [0.1, 0.15) is 50.0 Å². The minimum absolute atomic E-state index is 0.169. The molecule has 29 heteroatoms. The average Bonchev–Trinajstić information content (AvgIpc) is 3.41. The van der Waals surface area contributed by atoms with Crippen LogP contribution in [0.1, 0.15) is 24.0 Å². The third-order valence-electron chi connectivity index (χ3n) is 8.80. The van der Waals surface area contributed by atoms with Crippen LogP contribution in [-0.2, 0) is 45.5 Å². The lowest BCUT2D eigenvalue weighted by atomic mass is 9.74. The summed E-state index contributed by atoms with van der Waals surface area (Å²) in [6.07, 6.45) is -1.13. The number of carbonyl (C=O) groups is 3. The number of nitrogens with zero attached hydrogens (tertiary/aromatic N) is 2. The molecule has 17 N–H and O–H groups in total. The van der Waals surface area contributed by atoms with Crippen LogP contribution in [0.3, 0.4) is 0 Å². The Bertz CT molecular complexity index is 1970. The van der Waals surface area contributed by atoms with Crippen molar-refractivity contribution in [2.24, 2.45) is 0 Å². The van der Waals surface area contributed by atoms with Crippen molar-refractivity contribution in [3.63, 3.8) is 0 Å². The van der Waals surface area contributed by atoms with Gasteiger partial charge in [0, 0.05) is 6.42 Å². The standard InChI is InChI=1S/C25H28B2FN3O23/c1-4(32)14(34)7-8(19(39,40)30(17(7)37)5-2-3-6(33)29-16(5)36)18(38)51-21(42,43)10-13(28)9(11(26)12(27)15(10)35)20(41)31-22(44,45)24(47,48)52-25(49,50)23(31,46)54-53-20/h5,32,34-35,38-50H,1-3,26-27H2,(H,29,33,36)/b14-7-,18-8-. The van der Waals surface area contributed by atoms with Crippen LogP contribution in [0.2, 0.25) is 0 Å². The fourth-order valence-electron chi connectivity index (χ4n) is 6.08. The summed E-state index contributed by atoms with van der Waals surface area (Å²) in [5, 5.41) is 171. The molecule has 26 nitrogen and oxygen atoms in total. The fourth-order valence-corrected chi connectivity index (χ4v) is 6.08. The highest BCUT2D eigenvalue weighted by atomic mass is 19.1. The number of carbonyl (C=O) groups excluding carboxylic acids is 3. The van der Waals surface area contributed by atoms with Crippen LogP contribution in [0.25, 0.3) is 0 Å². The minimum Gasteiger partial charge on any atom is -0.508 e. The van der Waals surface area contributed by atoms with Gasteiger partial charge >= 0.3 is 29.7 Å². The predicted molar refractivity (Wildman–Crippen MR) is 158 cm³/mol. The molecule has 0 saturated carbocycles. The number of likely N-dealkylation sites (tertiary alicyclic amines) is 1. The Morgan fingerprint density at radius 3 is 2.06 bits per heavy atom. The van der Waals surface area contributed by atoms with Crippen LogP contribution in [-0.4, -0.2) is 161 Å². The quantitative estimate of drug-likeness (QED) is 0.0318. The van der Waals surface area contributed by atoms with Crippen molar-refractivity contribution in [1.29, 1.82) is 0 Å². The molecule has 5 rings (SSSR count). The second-order valence-corrected chi connectivity index (χ2v) is 12.2. The lowest BCUT2D eigenvalue weighted by Crippen LogP contribution is -2.85. The number of nitrogens with one attached hydrogen (secondary N) is 1. The van der Waals surface area contributed by atoms with E-state index in [0.29, 0.717) is 0 Å². The van der Waals surface area contributed by atoms with Gasteiger partial charge in [0.05, 0.1) is 5.56 Å². The van der Waals surface area contributed by atoms with E-state index in [1.807, 2.05) is 0 Å². The van der Waals surface area contributed by atoms with Gasteiger partial charge in [0.25, 0.3) is 23.7 Å². The zero-order chi connectivity index (χ0) is 41.3. The van der Waals surface area contributed by atoms with Crippen molar-refractivity contribution in [3.05, 3.63) is 52.1 Å². The molecule has 0 radical (unpaired) electrons. The molecular weight excluding hydrogens is 751 g/mol. The number of hydrogen-bond donors (Lipinski definition) is 17. The molecule has 4 heterocycles. The highest BCUT2D eigenvalue weighted by molar-refractivity contribution is 6.50. The SMILES string of the molecule is Bc1c(B)c(C2(O)OOC3(O)N2C(O)(O)C(O)(O)OC3(O)O)c(F)c(C(O)(O)O/C(O)=C2/C(=C(/O)C(=C)O)C(=O)N(C3CCC(=O)NC3=O)C2(O)O)c1O. The van der Waals surface area contributed by atoms with E-state index in [4.69, 9.17) is 0 Å². The van der Waals surface area contributed by atoms with E-state index >= 15 is 4.39 Å². The largest absolute Gasteiger partial charge is 0.508 e. The number of aliphatic hydroxyl groups excluding tert-OH is 3. The monoisotopic (exact) mass is 779 g/mol. The van der Waals surface area contributed by atoms with Crippen molar-refractivity contribution in [3.8, 4) is 5.75 Å². The van der Waals surface area contributed by atoms with Crippen LogP contribution in [0.5, 0.6) is 5.75 Å². The first kappa shape index (κ1) is 40.7. The first-order chi connectivity index (χ1) is 24.3. The summed E-state index contributed by atoms with van der Waals surface area (Å²) in [6, 6.07) is -1.99. The van der Waals surface area contributed by atoms with Crippen LogP contribution >= 0.6 is 0 Å². The number of fused-ring (bicyclic) bond motifs is 1. The molecule has 0 bridgehead atoms. The highest BCUT2D eigenvalue weighted by Gasteiger charge is 2.84. The second-order valence-electron chi connectivity index (χ2n) is 12.2. The molecule has 4 aliphatic heterocycles. The summed E-state index contributed by atoms with van der Waals surface area (Å²) in [5.41, 5.74) is -8.89. The smallest absolute Gasteiger partial charge is 0.360 e. The van der Waals surface area contributed by atoms with Crippen molar-refractivity contribution in [2.45, 2.75) is 60.4 Å². The van der Waals surface area contributed by atoms with Gasteiger partial charge in [0.15, 0.2) is 11.5 Å². The summed E-state index contributed by atoms with van der Waals surface area (Å²) in [5.74, 6) is -44.8. The van der Waals surface area contributed by atoms with E-state index in [1.165, 1.54) is 0 Å². The number of benzene rings is 1. The van der Waals surface area contributed by atoms with Crippen LogP contribution in [0, 0.1) is 5.82 Å². The molecule has 4 fully saturated rings. The third-order valence-corrected chi connectivity index (χ3v) is 8.80. The number of amides is 3. The average molecular weight is 779 g/mol. The van der Waals surface area contributed by atoms with Gasteiger partial charge in [0.2, 0.25) is 11.8 Å². The topological polar surface area (TPSA) is 430 Å². The summed E-state index contributed by atoms with van der Waals surface area (Å²) in [4.78, 5) is 44.9. The van der Waals surface area contributed by atoms with Crippen LogP contribution in [0.4, 0.5) is 4.39 Å². The minimum atomic E-state index is -4.74. The van der Waals surface area contributed by atoms with E-state index in [-0.39, 0.29) is 4.90 Å². The van der Waals surface area contributed by atoms with Crippen LogP contribution < -0.4 is 16.2 Å². The number of rotatable bonds is 6. The lowest BCUT2D eigenvalue weighted by molar-refractivity contribution is -0.660. The number of ether oxygens (including phenoxy) is 2. The molecule has 1 aromatic rings. The van der Waals surface area contributed by atoms with Crippen LogP contribution in [0.15, 0.2) is 35.2 Å². The van der Waals surface area contributed by atoms with E-state index in [9.17, 15) is 96.1 Å². The summed E-state index contributed by atoms with van der Waals surface area (Å²) in [6.45, 7) is 2.91. The number of imide groups is 1. The normalized spacial score (nSPS) is 30.9. The first-order valence-corrected chi connectivity index (χ1v) is 14.6. The van der Waals surface area contributed by atoms with Gasteiger partial charge in [-0.25, -0.2) is 4.39 Å². The maximum absolute atomic E-state index is 16.6. The molecule has 294 valence electrons. The number of morpholine rings is 1. The third kappa shape index (κ3) is 5.35. The number of aliphatic hydroxyl groups is 15. The molecule has 4 aliphatic rings. The molecule has 3 unspecified atom stereocenters. The highest BCUT2D eigenvalue weighted by Crippen LogP contribution is 2.55. The Morgan fingerprint density at radius 2 is 1.52 bits per heavy atom. The predicted octanol–water partition coefficient (Wildman–Crippen LogP) is -10.9. The van der Waals surface area contributed by atoms with Gasteiger partial charge in [-0.15, -0.1) is 4.90 Å². The Balaban J connectivity index is 1.71. The van der Waals surface area contributed by atoms with Gasteiger partial charge < -0.3 is 86.4 Å². The van der Waals surface area contributed by atoms with Crippen molar-refractivity contribution in [1.82, 2.24) is 15.1 Å². The first-order valence-electron chi connectivity index (χ1n) is 14.6. The molecule has 0 spiro atoms. The number of aromatic hydroxyl groups is 1. The lowest BCUT2D eigenvalue weighted by Gasteiger charge is -2.54. The van der Waals surface area contributed by atoms with Gasteiger partial charge in [-0.05, 0) is 6.42 Å². The molecule has 0 aliphatic carbocycles. The number of phenols is 1. The van der Waals surface area contributed by atoms with Crippen molar-refractivity contribution in [2.75, 3.05) is 0 Å². The molecule has 0 aromatic heterocycles.